The van der Waals surface area contributed by atoms with Crippen LogP contribution in [0.25, 0.3) is 6.08 Å². The molecule has 1 fully saturated rings. The molecule has 1 aliphatic heterocycles. The summed E-state index contributed by atoms with van der Waals surface area (Å²) >= 11 is 6.46. The lowest BCUT2D eigenvalue weighted by Crippen LogP contribution is -2.22. The highest BCUT2D eigenvalue weighted by molar-refractivity contribution is 8.26. The Morgan fingerprint density at radius 1 is 1.08 bits per heavy atom. The molecule has 1 heterocycles. The Morgan fingerprint density at radius 2 is 1.77 bits per heavy atom. The fraction of sp³-hybridized carbons (Fsp3) is 0.200. The van der Waals surface area contributed by atoms with Gasteiger partial charge in [0, 0.05) is 7.05 Å². The first-order chi connectivity index (χ1) is 12.5. The molecule has 0 N–H and O–H groups in total. The number of hydrogen-bond acceptors (Lipinski definition) is 5. The van der Waals surface area contributed by atoms with Gasteiger partial charge in [-0.05, 0) is 42.8 Å². The Hall–Kier alpha value is -2.31. The third-order valence-corrected chi connectivity index (χ3v) is 5.27. The molecule has 26 heavy (non-hydrogen) atoms. The van der Waals surface area contributed by atoms with Gasteiger partial charge < -0.3 is 9.47 Å². The molecule has 0 aromatic heterocycles. The van der Waals surface area contributed by atoms with Crippen molar-refractivity contribution >= 4 is 40.3 Å². The van der Waals surface area contributed by atoms with Gasteiger partial charge in [0.15, 0.2) is 0 Å². The molecule has 0 bridgehead atoms. The van der Waals surface area contributed by atoms with Crippen LogP contribution in [-0.4, -0.2) is 35.4 Å². The van der Waals surface area contributed by atoms with Gasteiger partial charge >= 0.3 is 0 Å². The van der Waals surface area contributed by atoms with Crippen LogP contribution in [-0.2, 0) is 4.79 Å². The van der Waals surface area contributed by atoms with E-state index in [0.717, 1.165) is 17.1 Å². The van der Waals surface area contributed by atoms with Gasteiger partial charge in [0.1, 0.15) is 29.0 Å². The molecule has 4 nitrogen and oxygen atoms in total. The zero-order chi connectivity index (χ0) is 18.5. The van der Waals surface area contributed by atoms with Crippen LogP contribution in [0.4, 0.5) is 0 Å². The van der Waals surface area contributed by atoms with Gasteiger partial charge in [0.2, 0.25) is 0 Å². The van der Waals surface area contributed by atoms with Gasteiger partial charge in [-0.25, -0.2) is 0 Å². The van der Waals surface area contributed by atoms with Gasteiger partial charge in [-0.2, -0.15) is 0 Å². The van der Waals surface area contributed by atoms with E-state index in [-0.39, 0.29) is 5.91 Å². The van der Waals surface area contributed by atoms with Crippen molar-refractivity contribution < 1.29 is 14.3 Å². The Kier molecular flexibility index (Phi) is 5.96. The third kappa shape index (κ3) is 4.65. The second-order valence-electron chi connectivity index (χ2n) is 5.82. The van der Waals surface area contributed by atoms with Crippen LogP contribution in [0, 0.1) is 6.92 Å². The Bertz CT molecular complexity index is 846. The summed E-state index contributed by atoms with van der Waals surface area (Å²) in [5, 5.41) is 0. The van der Waals surface area contributed by atoms with E-state index in [9.17, 15) is 4.79 Å². The van der Waals surface area contributed by atoms with Crippen LogP contribution in [0.2, 0.25) is 0 Å². The topological polar surface area (TPSA) is 38.8 Å². The van der Waals surface area contributed by atoms with Crippen molar-refractivity contribution in [3.05, 3.63) is 64.6 Å². The molecule has 0 atom stereocenters. The largest absolute Gasteiger partial charge is 0.490 e. The number of benzene rings is 2. The summed E-state index contributed by atoms with van der Waals surface area (Å²) in [4.78, 5) is 14.2. The molecule has 0 unspecified atom stereocenters. The number of likely N-dealkylation sites (N-methyl/N-ethyl adjacent to an activating group) is 1. The third-order valence-electron chi connectivity index (χ3n) is 3.78. The standard InChI is InChI=1S/C20H19NO3S2/c1-14-6-8-16(9-7-14)23-10-11-24-17-5-3-4-15(12-17)13-18-19(22)21(2)20(25)26-18/h3-9,12-13H,10-11H2,1-2H3/b18-13+. The van der Waals surface area contributed by atoms with Crippen LogP contribution in [0.5, 0.6) is 11.5 Å². The number of thioether (sulfide) groups is 1. The van der Waals surface area contributed by atoms with Gasteiger partial charge in [-0.1, -0.05) is 53.8 Å². The van der Waals surface area contributed by atoms with Gasteiger partial charge in [0.25, 0.3) is 5.91 Å². The number of carbonyl (C=O) groups is 1. The molecule has 0 aliphatic carbocycles. The molecule has 6 heteroatoms. The van der Waals surface area contributed by atoms with E-state index in [4.69, 9.17) is 21.7 Å². The van der Waals surface area contributed by atoms with E-state index in [1.807, 2.05) is 61.5 Å². The molecule has 1 aliphatic rings. The molecule has 1 amide bonds. The van der Waals surface area contributed by atoms with Crippen LogP contribution >= 0.6 is 24.0 Å². The molecular weight excluding hydrogens is 366 g/mol. The van der Waals surface area contributed by atoms with E-state index in [1.165, 1.54) is 22.2 Å². The molecule has 2 aromatic carbocycles. The highest BCUT2D eigenvalue weighted by Crippen LogP contribution is 2.31. The predicted molar refractivity (Wildman–Crippen MR) is 110 cm³/mol. The van der Waals surface area contributed by atoms with Crippen molar-refractivity contribution in [2.24, 2.45) is 0 Å². The van der Waals surface area contributed by atoms with Crippen LogP contribution in [0.1, 0.15) is 11.1 Å². The molecule has 0 radical (unpaired) electrons. The summed E-state index contributed by atoms with van der Waals surface area (Å²) in [6.07, 6.45) is 1.83. The van der Waals surface area contributed by atoms with Crippen molar-refractivity contribution in [1.82, 2.24) is 4.90 Å². The SMILES string of the molecule is Cc1ccc(OCCOc2cccc(/C=C3/SC(=S)N(C)C3=O)c2)cc1. The number of hydrogen-bond donors (Lipinski definition) is 0. The Morgan fingerprint density at radius 3 is 2.42 bits per heavy atom. The molecule has 0 saturated carbocycles. The van der Waals surface area contributed by atoms with Gasteiger partial charge in [-0.3, -0.25) is 9.69 Å². The van der Waals surface area contributed by atoms with Crippen molar-refractivity contribution in [3.63, 3.8) is 0 Å². The Labute approximate surface area is 162 Å². The number of thiocarbonyl (C=S) groups is 1. The minimum atomic E-state index is -0.0715. The minimum absolute atomic E-state index is 0.0715. The van der Waals surface area contributed by atoms with Crippen LogP contribution in [0.15, 0.2) is 53.4 Å². The summed E-state index contributed by atoms with van der Waals surface area (Å²) in [6, 6.07) is 15.5. The monoisotopic (exact) mass is 385 g/mol. The number of ether oxygens (including phenoxy) is 2. The normalized spacial score (nSPS) is 15.6. The summed E-state index contributed by atoms with van der Waals surface area (Å²) in [5.41, 5.74) is 2.10. The summed E-state index contributed by atoms with van der Waals surface area (Å²) in [5.74, 6) is 1.49. The van der Waals surface area contributed by atoms with E-state index >= 15 is 0 Å². The quantitative estimate of drug-likeness (QED) is 0.421. The molecule has 3 rings (SSSR count). The van der Waals surface area contributed by atoms with E-state index < -0.39 is 0 Å². The predicted octanol–water partition coefficient (Wildman–Crippen LogP) is 4.28. The van der Waals surface area contributed by atoms with Gasteiger partial charge in [0.05, 0.1) is 4.91 Å². The summed E-state index contributed by atoms with van der Waals surface area (Å²) < 4.78 is 12.0. The number of carbonyl (C=O) groups excluding carboxylic acids is 1. The lowest BCUT2D eigenvalue weighted by atomic mass is 10.2. The van der Waals surface area contributed by atoms with Crippen LogP contribution < -0.4 is 9.47 Å². The molecule has 2 aromatic rings. The maximum absolute atomic E-state index is 12.1. The number of nitrogens with zero attached hydrogens (tertiary/aromatic N) is 1. The minimum Gasteiger partial charge on any atom is -0.490 e. The summed E-state index contributed by atoms with van der Waals surface area (Å²) in [6.45, 7) is 2.94. The fourth-order valence-electron chi connectivity index (χ4n) is 2.34. The highest BCUT2D eigenvalue weighted by Gasteiger charge is 2.28. The smallest absolute Gasteiger partial charge is 0.265 e. The van der Waals surface area contributed by atoms with Gasteiger partial charge in [-0.15, -0.1) is 0 Å². The number of aryl methyl sites for hydroxylation is 1. The highest BCUT2D eigenvalue weighted by atomic mass is 32.2. The Balaban J connectivity index is 1.55. The van der Waals surface area contributed by atoms with Crippen molar-refractivity contribution in [2.45, 2.75) is 6.92 Å². The average Bonchev–Trinajstić information content (AvgIpc) is 2.87. The van der Waals surface area contributed by atoms with E-state index in [0.29, 0.717) is 22.4 Å². The molecule has 134 valence electrons. The molecule has 1 saturated heterocycles. The maximum Gasteiger partial charge on any atom is 0.265 e. The first-order valence-electron chi connectivity index (χ1n) is 8.17. The zero-order valence-electron chi connectivity index (χ0n) is 14.6. The van der Waals surface area contributed by atoms with E-state index in [2.05, 4.69) is 0 Å². The second-order valence-corrected chi connectivity index (χ2v) is 7.50. The average molecular weight is 386 g/mol. The lowest BCUT2D eigenvalue weighted by Gasteiger charge is -2.09. The van der Waals surface area contributed by atoms with Crippen molar-refractivity contribution in [3.8, 4) is 11.5 Å². The maximum atomic E-state index is 12.1. The zero-order valence-corrected chi connectivity index (χ0v) is 16.2. The van der Waals surface area contributed by atoms with Crippen molar-refractivity contribution in [2.75, 3.05) is 20.3 Å². The first kappa shape index (κ1) is 18.5. The number of amides is 1. The number of rotatable bonds is 6. The molecule has 0 spiro atoms. The second kappa shape index (κ2) is 8.38. The van der Waals surface area contributed by atoms with E-state index in [1.54, 1.807) is 7.05 Å². The fourth-order valence-corrected chi connectivity index (χ4v) is 3.52. The summed E-state index contributed by atoms with van der Waals surface area (Å²) in [7, 11) is 1.69. The van der Waals surface area contributed by atoms with Crippen LogP contribution in [0.3, 0.4) is 0 Å². The molecular formula is C20H19NO3S2. The lowest BCUT2D eigenvalue weighted by molar-refractivity contribution is -0.121. The first-order valence-corrected chi connectivity index (χ1v) is 9.39. The van der Waals surface area contributed by atoms with Crippen molar-refractivity contribution in [1.29, 1.82) is 0 Å².